The Hall–Kier alpha value is -2.77. The van der Waals surface area contributed by atoms with Gasteiger partial charge in [-0.3, -0.25) is 0 Å². The zero-order chi connectivity index (χ0) is 19.9. The van der Waals surface area contributed by atoms with Crippen LogP contribution in [0.25, 0.3) is 10.9 Å². The first kappa shape index (κ1) is 20.0. The fraction of sp³-hybridized carbons (Fsp3) is 0.550. The number of nitrogens with zero attached hydrogens (tertiary/aromatic N) is 4. The molecule has 0 saturated carbocycles. The Kier molecular flexibility index (Phi) is 6.73. The first-order valence-electron chi connectivity index (χ1n) is 9.71. The number of carbonyl (C=O) groups excluding carboxylic acids is 1. The van der Waals surface area contributed by atoms with Crippen molar-refractivity contribution in [3.63, 3.8) is 0 Å². The molecule has 152 valence electrons. The molecule has 0 N–H and O–H groups in total. The molecule has 3 rings (SSSR count). The topological polar surface area (TPSA) is 77.0 Å². The van der Waals surface area contributed by atoms with Gasteiger partial charge in [-0.25, -0.2) is 14.8 Å². The Labute approximate surface area is 165 Å². The number of ether oxygens (including phenoxy) is 3. The molecular formula is C20H28N4O4. The van der Waals surface area contributed by atoms with Crippen molar-refractivity contribution < 1.29 is 19.0 Å². The monoisotopic (exact) mass is 388 g/mol. The van der Waals surface area contributed by atoms with E-state index in [9.17, 15) is 4.79 Å². The van der Waals surface area contributed by atoms with Crippen molar-refractivity contribution in [1.29, 1.82) is 0 Å². The smallest absolute Gasteiger partial charge is 0.409 e. The summed E-state index contributed by atoms with van der Waals surface area (Å²) in [5.41, 5.74) is 0.792. The van der Waals surface area contributed by atoms with Gasteiger partial charge in [0.15, 0.2) is 11.5 Å². The highest BCUT2D eigenvalue weighted by molar-refractivity contribution is 5.92. The number of methoxy groups -OCH3 is 2. The number of amides is 1. The molecule has 0 atom stereocenters. The lowest BCUT2D eigenvalue weighted by Gasteiger charge is -2.35. The van der Waals surface area contributed by atoms with Crippen LogP contribution in [0.1, 0.15) is 26.2 Å². The summed E-state index contributed by atoms with van der Waals surface area (Å²) < 4.78 is 16.1. The summed E-state index contributed by atoms with van der Waals surface area (Å²) in [5.74, 6) is 2.11. The second kappa shape index (κ2) is 9.43. The van der Waals surface area contributed by atoms with Gasteiger partial charge in [-0.05, 0) is 12.5 Å². The van der Waals surface area contributed by atoms with Crippen LogP contribution >= 0.6 is 0 Å². The van der Waals surface area contributed by atoms with Crippen LogP contribution in [0.2, 0.25) is 0 Å². The second-order valence-electron chi connectivity index (χ2n) is 6.72. The maximum Gasteiger partial charge on any atom is 0.409 e. The number of unbranched alkanes of at least 4 members (excludes halogenated alkanes) is 2. The SMILES string of the molecule is CCCCCOC(=O)N1CCN(c2ncnc3cc(OC)c(OC)cc23)CC1. The van der Waals surface area contributed by atoms with Crippen molar-refractivity contribution in [3.05, 3.63) is 18.5 Å². The molecule has 1 fully saturated rings. The number of carbonyl (C=O) groups is 1. The van der Waals surface area contributed by atoms with Crippen LogP contribution in [0.5, 0.6) is 11.5 Å². The fourth-order valence-corrected chi connectivity index (χ4v) is 3.33. The van der Waals surface area contributed by atoms with Crippen LogP contribution in [-0.2, 0) is 4.74 Å². The molecule has 0 spiro atoms. The van der Waals surface area contributed by atoms with E-state index in [0.29, 0.717) is 44.3 Å². The third-order valence-electron chi connectivity index (χ3n) is 4.93. The van der Waals surface area contributed by atoms with Crippen molar-refractivity contribution in [2.45, 2.75) is 26.2 Å². The standard InChI is InChI=1S/C20H28N4O4/c1-4-5-6-11-28-20(25)24-9-7-23(8-10-24)19-15-12-17(26-2)18(27-3)13-16(15)21-14-22-19/h12-14H,4-11H2,1-3H3. The molecule has 1 aromatic carbocycles. The van der Waals surface area contributed by atoms with Crippen molar-refractivity contribution in [2.24, 2.45) is 0 Å². The summed E-state index contributed by atoms with van der Waals surface area (Å²) in [5, 5.41) is 0.899. The number of anilines is 1. The maximum absolute atomic E-state index is 12.2. The minimum atomic E-state index is -0.227. The van der Waals surface area contributed by atoms with E-state index in [-0.39, 0.29) is 6.09 Å². The molecule has 0 aliphatic carbocycles. The Morgan fingerprint density at radius 3 is 2.43 bits per heavy atom. The van der Waals surface area contributed by atoms with Gasteiger partial charge >= 0.3 is 6.09 Å². The van der Waals surface area contributed by atoms with Crippen molar-refractivity contribution in [2.75, 3.05) is 51.9 Å². The number of rotatable bonds is 7. The molecule has 1 aromatic heterocycles. The van der Waals surface area contributed by atoms with E-state index in [1.54, 1.807) is 25.4 Å². The third-order valence-corrected chi connectivity index (χ3v) is 4.93. The van der Waals surface area contributed by atoms with Crippen LogP contribution in [0.4, 0.5) is 10.6 Å². The van der Waals surface area contributed by atoms with Gasteiger partial charge in [0.1, 0.15) is 12.1 Å². The largest absolute Gasteiger partial charge is 0.493 e. The van der Waals surface area contributed by atoms with E-state index in [0.717, 1.165) is 36.0 Å². The Morgan fingerprint density at radius 1 is 1.04 bits per heavy atom. The van der Waals surface area contributed by atoms with Gasteiger partial charge in [0.05, 0.1) is 26.3 Å². The lowest BCUT2D eigenvalue weighted by atomic mass is 10.2. The molecule has 0 bridgehead atoms. The zero-order valence-electron chi connectivity index (χ0n) is 16.8. The van der Waals surface area contributed by atoms with Gasteiger partial charge in [0, 0.05) is 37.6 Å². The molecular weight excluding hydrogens is 360 g/mol. The number of aromatic nitrogens is 2. The Balaban J connectivity index is 1.69. The van der Waals surface area contributed by atoms with Crippen molar-refractivity contribution in [3.8, 4) is 11.5 Å². The molecule has 1 saturated heterocycles. The van der Waals surface area contributed by atoms with Gasteiger partial charge in [0.25, 0.3) is 0 Å². The summed E-state index contributed by atoms with van der Waals surface area (Å²) in [6, 6.07) is 3.75. The minimum Gasteiger partial charge on any atom is -0.493 e. The maximum atomic E-state index is 12.2. The lowest BCUT2D eigenvalue weighted by molar-refractivity contribution is 0.0985. The van der Waals surface area contributed by atoms with E-state index in [4.69, 9.17) is 14.2 Å². The quantitative estimate of drug-likeness (QED) is 0.675. The highest BCUT2D eigenvalue weighted by Crippen LogP contribution is 2.34. The number of hydrogen-bond acceptors (Lipinski definition) is 7. The summed E-state index contributed by atoms with van der Waals surface area (Å²) in [4.78, 5) is 25.0. The van der Waals surface area contributed by atoms with E-state index >= 15 is 0 Å². The second-order valence-corrected chi connectivity index (χ2v) is 6.72. The molecule has 8 nitrogen and oxygen atoms in total. The number of piperazine rings is 1. The molecule has 28 heavy (non-hydrogen) atoms. The summed E-state index contributed by atoms with van der Waals surface area (Å²) >= 11 is 0. The Bertz CT molecular complexity index is 806. The highest BCUT2D eigenvalue weighted by atomic mass is 16.6. The van der Waals surface area contributed by atoms with Gasteiger partial charge in [0.2, 0.25) is 0 Å². The minimum absolute atomic E-state index is 0.227. The molecule has 1 amide bonds. The van der Waals surface area contributed by atoms with Crippen LogP contribution in [0, 0.1) is 0 Å². The van der Waals surface area contributed by atoms with E-state index < -0.39 is 0 Å². The zero-order valence-corrected chi connectivity index (χ0v) is 16.8. The Morgan fingerprint density at radius 2 is 1.75 bits per heavy atom. The summed E-state index contributed by atoms with van der Waals surface area (Å²) in [6.07, 6.45) is 4.43. The molecule has 1 aliphatic heterocycles. The van der Waals surface area contributed by atoms with Crippen molar-refractivity contribution >= 4 is 22.8 Å². The van der Waals surface area contributed by atoms with Crippen LogP contribution in [0.15, 0.2) is 18.5 Å². The van der Waals surface area contributed by atoms with Crippen LogP contribution in [-0.4, -0.2) is 68.0 Å². The van der Waals surface area contributed by atoms with Crippen molar-refractivity contribution in [1.82, 2.24) is 14.9 Å². The predicted molar refractivity (Wildman–Crippen MR) is 107 cm³/mol. The van der Waals surface area contributed by atoms with Crippen LogP contribution < -0.4 is 14.4 Å². The molecule has 1 aliphatic rings. The van der Waals surface area contributed by atoms with Gasteiger partial charge in [-0.1, -0.05) is 19.8 Å². The summed E-state index contributed by atoms with van der Waals surface area (Å²) in [6.45, 7) is 5.19. The first-order valence-corrected chi connectivity index (χ1v) is 9.71. The number of benzene rings is 1. The van der Waals surface area contributed by atoms with Gasteiger partial charge in [-0.15, -0.1) is 0 Å². The predicted octanol–water partition coefficient (Wildman–Crippen LogP) is 3.10. The summed E-state index contributed by atoms with van der Waals surface area (Å²) in [7, 11) is 3.21. The molecule has 2 heterocycles. The van der Waals surface area contributed by atoms with E-state index in [1.807, 2.05) is 12.1 Å². The number of fused-ring (bicyclic) bond motifs is 1. The number of hydrogen-bond donors (Lipinski definition) is 0. The highest BCUT2D eigenvalue weighted by Gasteiger charge is 2.24. The van der Waals surface area contributed by atoms with E-state index in [1.165, 1.54) is 0 Å². The molecule has 8 heteroatoms. The third kappa shape index (κ3) is 4.37. The lowest BCUT2D eigenvalue weighted by Crippen LogP contribution is -2.49. The van der Waals surface area contributed by atoms with E-state index in [2.05, 4.69) is 21.8 Å². The average Bonchev–Trinajstić information content (AvgIpc) is 2.75. The normalized spacial score (nSPS) is 14.2. The van der Waals surface area contributed by atoms with Gasteiger partial charge < -0.3 is 24.0 Å². The van der Waals surface area contributed by atoms with Gasteiger partial charge in [-0.2, -0.15) is 0 Å². The molecule has 2 aromatic rings. The average molecular weight is 388 g/mol. The molecule has 0 unspecified atom stereocenters. The van der Waals surface area contributed by atoms with Crippen LogP contribution in [0.3, 0.4) is 0 Å². The molecule has 0 radical (unpaired) electrons. The first-order chi connectivity index (χ1) is 13.7. The fourth-order valence-electron chi connectivity index (χ4n) is 3.33.